The number of rotatable bonds is 5. The Morgan fingerprint density at radius 1 is 1.26 bits per heavy atom. The molecule has 3 rings (SSSR count). The van der Waals surface area contributed by atoms with Gasteiger partial charge in [0.15, 0.2) is 5.96 Å². The molecule has 0 bridgehead atoms. The van der Waals surface area contributed by atoms with Crippen molar-refractivity contribution in [3.05, 3.63) is 18.5 Å². The predicted molar refractivity (Wildman–Crippen MR) is 88.0 cm³/mol. The molecule has 1 aromatic heterocycles. The fourth-order valence-corrected chi connectivity index (χ4v) is 2.53. The van der Waals surface area contributed by atoms with Crippen LogP contribution in [0.25, 0.3) is 0 Å². The summed E-state index contributed by atoms with van der Waals surface area (Å²) in [7, 11) is 0. The number of nitrogens with one attached hydrogen (secondary N) is 1. The van der Waals surface area contributed by atoms with Crippen LogP contribution in [-0.2, 0) is 4.79 Å². The maximum atomic E-state index is 11.5. The fraction of sp³-hybridized carbons (Fsp3) is 0.600. The number of anilines is 1. The van der Waals surface area contributed by atoms with Crippen molar-refractivity contribution in [1.29, 1.82) is 0 Å². The minimum absolute atomic E-state index is 0.148. The molecule has 0 atom stereocenters. The van der Waals surface area contributed by atoms with Crippen molar-refractivity contribution in [2.75, 3.05) is 44.2 Å². The molecule has 124 valence electrons. The Bertz CT molecular complexity index is 550. The Labute approximate surface area is 135 Å². The first-order valence-electron chi connectivity index (χ1n) is 8.08. The summed E-state index contributed by atoms with van der Waals surface area (Å²) in [4.78, 5) is 28.6. The van der Waals surface area contributed by atoms with Crippen molar-refractivity contribution in [2.45, 2.75) is 12.8 Å². The lowest BCUT2D eigenvalue weighted by atomic mass is 10.3. The van der Waals surface area contributed by atoms with Gasteiger partial charge in [0, 0.05) is 51.0 Å². The molecule has 1 aromatic rings. The van der Waals surface area contributed by atoms with Gasteiger partial charge in [0.25, 0.3) is 0 Å². The van der Waals surface area contributed by atoms with Crippen LogP contribution < -0.4 is 16.0 Å². The average Bonchev–Trinajstić information content (AvgIpc) is 3.44. The number of aromatic nitrogens is 2. The van der Waals surface area contributed by atoms with E-state index < -0.39 is 0 Å². The summed E-state index contributed by atoms with van der Waals surface area (Å²) in [6.07, 6.45) is 5.54. The topological polar surface area (TPSA) is 99.7 Å². The molecule has 1 amide bonds. The normalized spacial score (nSPS) is 18.9. The molecule has 0 spiro atoms. The molecule has 1 aliphatic heterocycles. The van der Waals surface area contributed by atoms with Crippen molar-refractivity contribution < 1.29 is 4.79 Å². The second-order valence-electron chi connectivity index (χ2n) is 5.83. The molecule has 23 heavy (non-hydrogen) atoms. The van der Waals surface area contributed by atoms with Crippen LogP contribution in [0.5, 0.6) is 0 Å². The molecule has 2 fully saturated rings. The van der Waals surface area contributed by atoms with E-state index in [0.717, 1.165) is 45.0 Å². The molecule has 1 saturated carbocycles. The first-order chi connectivity index (χ1) is 11.2. The Morgan fingerprint density at radius 2 is 1.96 bits per heavy atom. The van der Waals surface area contributed by atoms with E-state index in [-0.39, 0.29) is 11.8 Å². The van der Waals surface area contributed by atoms with Crippen LogP contribution in [0.2, 0.25) is 0 Å². The number of piperazine rings is 1. The molecule has 3 N–H and O–H groups in total. The molecule has 0 radical (unpaired) electrons. The lowest BCUT2D eigenvalue weighted by Gasteiger charge is -2.35. The Kier molecular flexibility index (Phi) is 4.89. The third-order valence-electron chi connectivity index (χ3n) is 4.07. The number of nitrogens with two attached hydrogens (primary N) is 1. The highest BCUT2D eigenvalue weighted by atomic mass is 16.2. The summed E-state index contributed by atoms with van der Waals surface area (Å²) < 4.78 is 0. The number of aliphatic imine (C=N–C) groups is 1. The molecule has 1 saturated heterocycles. The van der Waals surface area contributed by atoms with Gasteiger partial charge in [0.05, 0.1) is 6.54 Å². The summed E-state index contributed by atoms with van der Waals surface area (Å²) in [6.45, 7) is 4.29. The van der Waals surface area contributed by atoms with E-state index in [1.54, 1.807) is 12.4 Å². The van der Waals surface area contributed by atoms with Crippen molar-refractivity contribution in [1.82, 2.24) is 20.2 Å². The standard InChI is InChI=1S/C15H23N7O/c16-14(18-7-6-17-13(23)12-2-3-12)21-8-10-22(11-9-21)15-19-4-1-5-20-15/h1,4-5,12H,2-3,6-11H2,(H2,16,18)(H,17,23). The number of carbonyl (C=O) groups excluding carboxylic acids is 1. The van der Waals surface area contributed by atoms with Crippen LogP contribution in [0.4, 0.5) is 5.95 Å². The smallest absolute Gasteiger partial charge is 0.225 e. The van der Waals surface area contributed by atoms with Gasteiger partial charge in [0.1, 0.15) is 0 Å². The molecule has 8 nitrogen and oxygen atoms in total. The summed E-state index contributed by atoms with van der Waals surface area (Å²) in [6, 6.07) is 1.81. The SMILES string of the molecule is NC(=NCCNC(=O)C1CC1)N1CCN(c2ncccn2)CC1. The van der Waals surface area contributed by atoms with Crippen LogP contribution in [0.3, 0.4) is 0 Å². The lowest BCUT2D eigenvalue weighted by molar-refractivity contribution is -0.122. The molecular weight excluding hydrogens is 294 g/mol. The van der Waals surface area contributed by atoms with Crippen LogP contribution in [0, 0.1) is 5.92 Å². The third-order valence-corrected chi connectivity index (χ3v) is 4.07. The quantitative estimate of drug-likeness (QED) is 0.429. The number of amides is 1. The molecule has 2 aliphatic rings. The monoisotopic (exact) mass is 317 g/mol. The zero-order chi connectivity index (χ0) is 16.1. The fourth-order valence-electron chi connectivity index (χ4n) is 2.53. The summed E-state index contributed by atoms with van der Waals surface area (Å²) >= 11 is 0. The molecule has 0 aromatic carbocycles. The first kappa shape index (κ1) is 15.5. The minimum atomic E-state index is 0.148. The Hall–Kier alpha value is -2.38. The Morgan fingerprint density at radius 3 is 2.61 bits per heavy atom. The lowest BCUT2D eigenvalue weighted by Crippen LogP contribution is -2.51. The minimum Gasteiger partial charge on any atom is -0.370 e. The highest BCUT2D eigenvalue weighted by Gasteiger charge is 2.29. The highest BCUT2D eigenvalue weighted by Crippen LogP contribution is 2.28. The van der Waals surface area contributed by atoms with Gasteiger partial charge >= 0.3 is 0 Å². The molecule has 2 heterocycles. The van der Waals surface area contributed by atoms with Crippen molar-refractivity contribution in [2.24, 2.45) is 16.6 Å². The van der Waals surface area contributed by atoms with E-state index in [1.807, 2.05) is 6.07 Å². The van der Waals surface area contributed by atoms with Gasteiger partial charge in [-0.1, -0.05) is 0 Å². The maximum absolute atomic E-state index is 11.5. The highest BCUT2D eigenvalue weighted by molar-refractivity contribution is 5.81. The number of nitrogens with zero attached hydrogens (tertiary/aromatic N) is 5. The average molecular weight is 317 g/mol. The first-order valence-corrected chi connectivity index (χ1v) is 8.08. The number of hydrogen-bond acceptors (Lipinski definition) is 5. The summed E-state index contributed by atoms with van der Waals surface area (Å²) in [5.74, 6) is 1.68. The number of guanidine groups is 1. The van der Waals surface area contributed by atoms with E-state index in [0.29, 0.717) is 19.0 Å². The van der Waals surface area contributed by atoms with Gasteiger partial charge in [-0.3, -0.25) is 9.79 Å². The van der Waals surface area contributed by atoms with Gasteiger partial charge in [-0.05, 0) is 18.9 Å². The van der Waals surface area contributed by atoms with Crippen LogP contribution in [0.1, 0.15) is 12.8 Å². The number of hydrogen-bond donors (Lipinski definition) is 2. The predicted octanol–water partition coefficient (Wildman–Crippen LogP) is -0.560. The van der Waals surface area contributed by atoms with E-state index in [9.17, 15) is 4.79 Å². The van der Waals surface area contributed by atoms with Crippen molar-refractivity contribution in [3.63, 3.8) is 0 Å². The van der Waals surface area contributed by atoms with Crippen molar-refractivity contribution in [3.8, 4) is 0 Å². The Balaban J connectivity index is 1.39. The van der Waals surface area contributed by atoms with Gasteiger partial charge in [-0.15, -0.1) is 0 Å². The van der Waals surface area contributed by atoms with Crippen molar-refractivity contribution >= 4 is 17.8 Å². The van der Waals surface area contributed by atoms with Gasteiger partial charge in [-0.25, -0.2) is 9.97 Å². The second kappa shape index (κ2) is 7.26. The summed E-state index contributed by atoms with van der Waals surface area (Å²) in [5, 5.41) is 2.89. The van der Waals surface area contributed by atoms with Crippen LogP contribution in [0.15, 0.2) is 23.5 Å². The summed E-state index contributed by atoms with van der Waals surface area (Å²) in [5.41, 5.74) is 6.04. The second-order valence-corrected chi connectivity index (χ2v) is 5.83. The van der Waals surface area contributed by atoms with E-state index in [2.05, 4.69) is 30.1 Å². The van der Waals surface area contributed by atoms with E-state index in [4.69, 9.17) is 5.73 Å². The number of carbonyl (C=O) groups is 1. The van der Waals surface area contributed by atoms with Gasteiger partial charge in [0.2, 0.25) is 11.9 Å². The van der Waals surface area contributed by atoms with E-state index >= 15 is 0 Å². The molecular formula is C15H23N7O. The molecule has 1 aliphatic carbocycles. The van der Waals surface area contributed by atoms with E-state index in [1.165, 1.54) is 0 Å². The van der Waals surface area contributed by atoms with Gasteiger partial charge < -0.3 is 20.9 Å². The zero-order valence-electron chi connectivity index (χ0n) is 13.2. The van der Waals surface area contributed by atoms with Gasteiger partial charge in [-0.2, -0.15) is 0 Å². The van der Waals surface area contributed by atoms with Crippen LogP contribution >= 0.6 is 0 Å². The maximum Gasteiger partial charge on any atom is 0.225 e. The largest absolute Gasteiger partial charge is 0.370 e. The molecule has 8 heteroatoms. The molecule has 0 unspecified atom stereocenters. The van der Waals surface area contributed by atoms with Crippen LogP contribution in [-0.4, -0.2) is 66.0 Å². The third kappa shape index (κ3) is 4.30. The zero-order valence-corrected chi connectivity index (χ0v) is 13.2.